The summed E-state index contributed by atoms with van der Waals surface area (Å²) in [5, 5.41) is 1.92. The number of benzene rings is 1. The Morgan fingerprint density at radius 1 is 1.39 bits per heavy atom. The number of aryl methyl sites for hydroxylation is 1. The first-order valence-corrected chi connectivity index (χ1v) is 7.48. The highest BCUT2D eigenvalue weighted by atomic mass is 32.1. The lowest BCUT2D eigenvalue weighted by Crippen LogP contribution is -2.59. The fourth-order valence-electron chi connectivity index (χ4n) is 2.21. The molecule has 1 heterocycles. The summed E-state index contributed by atoms with van der Waals surface area (Å²) in [4.78, 5) is 13.2. The molecule has 1 aromatic carbocycles. The standard InChI is InChI=1S/C15H17F3N2O2S/c1-8(2)22-11-6-10(5-4-9(11)3)20-13(21)7-12(15(16,17)18)19-14(20)23/h4-6,8,12H,7H2,1-3H3,(H,19,23). The summed E-state index contributed by atoms with van der Waals surface area (Å²) in [5.74, 6) is -0.138. The third kappa shape index (κ3) is 3.93. The average Bonchev–Trinajstić information content (AvgIpc) is 2.39. The van der Waals surface area contributed by atoms with Crippen molar-refractivity contribution in [2.75, 3.05) is 4.90 Å². The van der Waals surface area contributed by atoms with Crippen LogP contribution in [0.4, 0.5) is 18.9 Å². The maximum atomic E-state index is 12.8. The van der Waals surface area contributed by atoms with Crippen LogP contribution < -0.4 is 15.0 Å². The third-order valence-corrected chi connectivity index (χ3v) is 3.62. The summed E-state index contributed by atoms with van der Waals surface area (Å²) in [5.41, 5.74) is 1.24. The van der Waals surface area contributed by atoms with Crippen LogP contribution in [-0.2, 0) is 4.79 Å². The van der Waals surface area contributed by atoms with Gasteiger partial charge in [-0.05, 0) is 44.6 Å². The Morgan fingerprint density at radius 3 is 2.57 bits per heavy atom. The third-order valence-electron chi connectivity index (χ3n) is 3.32. The number of ether oxygens (including phenoxy) is 1. The van der Waals surface area contributed by atoms with Crippen molar-refractivity contribution in [3.63, 3.8) is 0 Å². The van der Waals surface area contributed by atoms with Gasteiger partial charge in [0.2, 0.25) is 5.91 Å². The second-order valence-corrected chi connectivity index (χ2v) is 5.98. The monoisotopic (exact) mass is 346 g/mol. The van der Waals surface area contributed by atoms with Crippen LogP contribution >= 0.6 is 12.2 Å². The Kier molecular flexibility index (Phi) is 4.84. The Balaban J connectivity index is 2.29. The minimum Gasteiger partial charge on any atom is -0.491 e. The quantitative estimate of drug-likeness (QED) is 0.853. The average molecular weight is 346 g/mol. The number of hydrogen-bond acceptors (Lipinski definition) is 3. The van der Waals surface area contributed by atoms with E-state index in [4.69, 9.17) is 17.0 Å². The van der Waals surface area contributed by atoms with E-state index in [2.05, 4.69) is 5.32 Å². The number of amides is 1. The van der Waals surface area contributed by atoms with E-state index in [1.807, 2.05) is 20.8 Å². The van der Waals surface area contributed by atoms with Crippen LogP contribution in [0.1, 0.15) is 25.8 Å². The van der Waals surface area contributed by atoms with E-state index in [-0.39, 0.29) is 11.2 Å². The summed E-state index contributed by atoms with van der Waals surface area (Å²) in [6.45, 7) is 5.56. The van der Waals surface area contributed by atoms with Crippen molar-refractivity contribution in [1.82, 2.24) is 5.32 Å². The molecular weight excluding hydrogens is 329 g/mol. The van der Waals surface area contributed by atoms with Crippen molar-refractivity contribution in [3.05, 3.63) is 23.8 Å². The largest absolute Gasteiger partial charge is 0.491 e. The predicted octanol–water partition coefficient (Wildman–Crippen LogP) is 3.32. The maximum absolute atomic E-state index is 12.8. The molecule has 4 nitrogen and oxygen atoms in total. The molecular formula is C15H17F3N2O2S. The van der Waals surface area contributed by atoms with Crippen LogP contribution in [0, 0.1) is 6.92 Å². The second-order valence-electron chi connectivity index (χ2n) is 5.59. The van der Waals surface area contributed by atoms with Crippen LogP contribution in [0.15, 0.2) is 18.2 Å². The van der Waals surface area contributed by atoms with Gasteiger partial charge in [-0.25, -0.2) is 0 Å². The Morgan fingerprint density at radius 2 is 2.04 bits per heavy atom. The van der Waals surface area contributed by atoms with Crippen LogP contribution in [0.2, 0.25) is 0 Å². The molecule has 0 spiro atoms. The number of carbonyl (C=O) groups excluding carboxylic acids is 1. The van der Waals surface area contributed by atoms with Crippen molar-refractivity contribution in [2.45, 2.75) is 45.5 Å². The van der Waals surface area contributed by atoms with Gasteiger partial charge in [-0.2, -0.15) is 13.2 Å². The Hall–Kier alpha value is -1.83. The van der Waals surface area contributed by atoms with E-state index in [0.717, 1.165) is 10.5 Å². The van der Waals surface area contributed by atoms with Gasteiger partial charge in [-0.1, -0.05) is 6.07 Å². The van der Waals surface area contributed by atoms with Gasteiger partial charge in [-0.15, -0.1) is 0 Å². The first-order chi connectivity index (χ1) is 10.6. The number of nitrogens with one attached hydrogen (secondary N) is 1. The number of halogens is 3. The maximum Gasteiger partial charge on any atom is 0.409 e. The van der Waals surface area contributed by atoms with E-state index in [1.165, 1.54) is 0 Å². The van der Waals surface area contributed by atoms with Crippen molar-refractivity contribution >= 4 is 28.9 Å². The van der Waals surface area contributed by atoms with Gasteiger partial charge in [0.05, 0.1) is 18.2 Å². The van der Waals surface area contributed by atoms with Gasteiger partial charge >= 0.3 is 6.18 Å². The van der Waals surface area contributed by atoms with Gasteiger partial charge in [0.15, 0.2) is 5.11 Å². The molecule has 0 aromatic heterocycles. The van der Waals surface area contributed by atoms with Crippen molar-refractivity contribution in [2.24, 2.45) is 0 Å². The molecule has 0 aliphatic carbocycles. The number of thiocarbonyl (C=S) groups is 1. The highest BCUT2D eigenvalue weighted by molar-refractivity contribution is 7.80. The molecule has 2 rings (SSSR count). The second kappa shape index (κ2) is 6.35. The highest BCUT2D eigenvalue weighted by Gasteiger charge is 2.46. The molecule has 23 heavy (non-hydrogen) atoms. The summed E-state index contributed by atoms with van der Waals surface area (Å²) in [7, 11) is 0. The molecule has 1 unspecified atom stereocenters. The topological polar surface area (TPSA) is 41.6 Å². The minimum absolute atomic E-state index is 0.0688. The number of hydrogen-bond donors (Lipinski definition) is 1. The minimum atomic E-state index is -4.52. The number of nitrogens with zero attached hydrogens (tertiary/aromatic N) is 1. The molecule has 126 valence electrons. The SMILES string of the molecule is Cc1ccc(N2C(=O)CC(C(F)(F)F)NC2=S)cc1OC(C)C. The van der Waals surface area contributed by atoms with Crippen molar-refractivity contribution in [1.29, 1.82) is 0 Å². The van der Waals surface area contributed by atoms with Gasteiger partial charge in [0, 0.05) is 6.07 Å². The summed E-state index contributed by atoms with van der Waals surface area (Å²) in [6.07, 6.45) is -5.29. The van der Waals surface area contributed by atoms with Crippen LogP contribution in [0.25, 0.3) is 0 Å². The van der Waals surface area contributed by atoms with Crippen molar-refractivity contribution in [3.8, 4) is 5.75 Å². The fraction of sp³-hybridized carbons (Fsp3) is 0.467. The van der Waals surface area contributed by atoms with Crippen LogP contribution in [0.3, 0.4) is 0 Å². The molecule has 0 radical (unpaired) electrons. The van der Waals surface area contributed by atoms with Gasteiger partial charge in [-0.3, -0.25) is 9.69 Å². The summed E-state index contributed by atoms with van der Waals surface area (Å²) < 4.78 is 43.9. The molecule has 1 aliphatic heterocycles. The molecule has 0 bridgehead atoms. The summed E-state index contributed by atoms with van der Waals surface area (Å²) >= 11 is 4.95. The van der Waals surface area contributed by atoms with E-state index >= 15 is 0 Å². The first kappa shape index (κ1) is 17.5. The zero-order chi connectivity index (χ0) is 17.4. The number of carbonyl (C=O) groups is 1. The highest BCUT2D eigenvalue weighted by Crippen LogP contribution is 2.31. The normalized spacial score (nSPS) is 19.1. The zero-order valence-corrected chi connectivity index (χ0v) is 13.7. The molecule has 1 amide bonds. The first-order valence-electron chi connectivity index (χ1n) is 7.07. The number of rotatable bonds is 3. The fourth-order valence-corrected chi connectivity index (χ4v) is 2.56. The van der Waals surface area contributed by atoms with E-state index in [1.54, 1.807) is 18.2 Å². The predicted molar refractivity (Wildman–Crippen MR) is 84.6 cm³/mol. The molecule has 1 atom stereocenters. The van der Waals surface area contributed by atoms with Gasteiger partial charge < -0.3 is 10.1 Å². The molecule has 1 N–H and O–H groups in total. The number of alkyl halides is 3. The van der Waals surface area contributed by atoms with Gasteiger partial charge in [0.1, 0.15) is 11.8 Å². The summed E-state index contributed by atoms with van der Waals surface area (Å²) in [6, 6.07) is 3.02. The van der Waals surface area contributed by atoms with E-state index in [0.29, 0.717) is 11.4 Å². The lowest BCUT2D eigenvalue weighted by Gasteiger charge is -2.34. The van der Waals surface area contributed by atoms with Crippen LogP contribution in [-0.4, -0.2) is 29.3 Å². The van der Waals surface area contributed by atoms with Gasteiger partial charge in [0.25, 0.3) is 0 Å². The molecule has 8 heteroatoms. The lowest BCUT2D eigenvalue weighted by molar-refractivity contribution is -0.159. The smallest absolute Gasteiger partial charge is 0.409 e. The molecule has 1 saturated heterocycles. The van der Waals surface area contributed by atoms with Crippen LogP contribution in [0.5, 0.6) is 5.75 Å². The Bertz CT molecular complexity index is 614. The molecule has 0 saturated carbocycles. The zero-order valence-electron chi connectivity index (χ0n) is 12.9. The molecule has 1 aliphatic rings. The number of anilines is 1. The van der Waals surface area contributed by atoms with Crippen molar-refractivity contribution < 1.29 is 22.7 Å². The molecule has 1 fully saturated rings. The molecule has 1 aromatic rings. The Labute approximate surface area is 137 Å². The van der Waals surface area contributed by atoms with E-state index < -0.39 is 24.5 Å². The lowest BCUT2D eigenvalue weighted by atomic mass is 10.1. The van der Waals surface area contributed by atoms with E-state index in [9.17, 15) is 18.0 Å².